The molecule has 8 heteroatoms. The van der Waals surface area contributed by atoms with E-state index < -0.39 is 21.0 Å². The second-order valence-corrected chi connectivity index (χ2v) is 9.01. The maximum Gasteiger partial charge on any atom is 0.251 e. The zero-order valence-electron chi connectivity index (χ0n) is 16.3. The number of hydrogen-bond donors (Lipinski definition) is 1. The van der Waals surface area contributed by atoms with E-state index in [9.17, 15) is 13.2 Å². The van der Waals surface area contributed by atoms with Crippen LogP contribution in [0.25, 0.3) is 0 Å². The van der Waals surface area contributed by atoms with Gasteiger partial charge in [-0.15, -0.1) is 0 Å². The second kappa shape index (κ2) is 9.73. The van der Waals surface area contributed by atoms with Crippen LogP contribution in [0.4, 0.5) is 0 Å². The number of benzene rings is 2. The van der Waals surface area contributed by atoms with E-state index in [1.165, 1.54) is 24.4 Å². The van der Waals surface area contributed by atoms with Crippen LogP contribution in [0.3, 0.4) is 0 Å². The van der Waals surface area contributed by atoms with Gasteiger partial charge in [-0.25, -0.2) is 8.42 Å². The number of rotatable bonds is 8. The lowest BCUT2D eigenvalue weighted by Gasteiger charge is -2.19. The van der Waals surface area contributed by atoms with Crippen LogP contribution in [0, 0.1) is 0 Å². The molecular formula is C22H21ClN2O4S. The van der Waals surface area contributed by atoms with Crippen molar-refractivity contribution < 1.29 is 17.9 Å². The van der Waals surface area contributed by atoms with Crippen LogP contribution >= 0.6 is 11.6 Å². The zero-order chi connectivity index (χ0) is 21.6. The van der Waals surface area contributed by atoms with Gasteiger partial charge >= 0.3 is 0 Å². The minimum Gasteiger partial charge on any atom is -0.494 e. The molecule has 0 aliphatic rings. The number of pyridine rings is 1. The largest absolute Gasteiger partial charge is 0.494 e. The van der Waals surface area contributed by atoms with Crippen LogP contribution < -0.4 is 10.1 Å². The first-order valence-electron chi connectivity index (χ1n) is 9.32. The van der Waals surface area contributed by atoms with Gasteiger partial charge in [-0.2, -0.15) is 0 Å². The van der Waals surface area contributed by atoms with Crippen LogP contribution in [0.5, 0.6) is 5.75 Å². The minimum atomic E-state index is -3.81. The van der Waals surface area contributed by atoms with Crippen molar-refractivity contribution in [3.63, 3.8) is 0 Å². The van der Waals surface area contributed by atoms with Crippen molar-refractivity contribution in [2.45, 2.75) is 17.1 Å². The average molecular weight is 445 g/mol. The third-order valence-corrected chi connectivity index (χ3v) is 6.78. The number of aromatic nitrogens is 1. The summed E-state index contributed by atoms with van der Waals surface area (Å²) in [4.78, 5) is 16.7. The predicted molar refractivity (Wildman–Crippen MR) is 116 cm³/mol. The van der Waals surface area contributed by atoms with E-state index in [2.05, 4.69) is 10.3 Å². The lowest BCUT2D eigenvalue weighted by Crippen LogP contribution is -2.32. The molecule has 0 spiro atoms. The van der Waals surface area contributed by atoms with Gasteiger partial charge in [-0.3, -0.25) is 9.78 Å². The van der Waals surface area contributed by atoms with Crippen molar-refractivity contribution in [3.05, 3.63) is 89.2 Å². The van der Waals surface area contributed by atoms with Crippen LogP contribution in [0.1, 0.15) is 28.1 Å². The molecule has 1 amide bonds. The van der Waals surface area contributed by atoms with Crippen molar-refractivity contribution in [1.29, 1.82) is 0 Å². The van der Waals surface area contributed by atoms with Gasteiger partial charge in [-0.1, -0.05) is 23.7 Å². The Morgan fingerprint density at radius 1 is 1.13 bits per heavy atom. The van der Waals surface area contributed by atoms with Crippen LogP contribution in [0.2, 0.25) is 5.02 Å². The van der Waals surface area contributed by atoms with Gasteiger partial charge in [0.05, 0.1) is 11.5 Å². The third-order valence-electron chi connectivity index (χ3n) is 4.43. The predicted octanol–water partition coefficient (Wildman–Crippen LogP) is 4.08. The van der Waals surface area contributed by atoms with Crippen molar-refractivity contribution in [2.75, 3.05) is 13.2 Å². The first kappa shape index (κ1) is 21.8. The Kier molecular flexibility index (Phi) is 7.07. The molecule has 1 unspecified atom stereocenters. The summed E-state index contributed by atoms with van der Waals surface area (Å²) in [5.41, 5.74) is 0.837. The number of carbonyl (C=O) groups excluding carboxylic acids is 1. The monoisotopic (exact) mass is 444 g/mol. The summed E-state index contributed by atoms with van der Waals surface area (Å²) in [6.45, 7) is 2.22. The Labute approximate surface area is 180 Å². The molecule has 1 aromatic heterocycles. The Bertz CT molecular complexity index is 1100. The van der Waals surface area contributed by atoms with E-state index in [1.54, 1.807) is 48.7 Å². The number of amides is 1. The average Bonchev–Trinajstić information content (AvgIpc) is 2.75. The van der Waals surface area contributed by atoms with Gasteiger partial charge < -0.3 is 10.1 Å². The molecule has 1 N–H and O–H groups in total. The number of hydrogen-bond acceptors (Lipinski definition) is 5. The second-order valence-electron chi connectivity index (χ2n) is 6.44. The van der Waals surface area contributed by atoms with E-state index in [0.717, 1.165) is 0 Å². The highest BCUT2D eigenvalue weighted by atomic mass is 35.5. The van der Waals surface area contributed by atoms with Gasteiger partial charge in [-0.05, 0) is 61.0 Å². The van der Waals surface area contributed by atoms with Gasteiger partial charge in [0.1, 0.15) is 11.0 Å². The van der Waals surface area contributed by atoms with Crippen LogP contribution in [-0.4, -0.2) is 32.5 Å². The van der Waals surface area contributed by atoms with E-state index in [1.807, 2.05) is 6.92 Å². The van der Waals surface area contributed by atoms with E-state index in [4.69, 9.17) is 16.3 Å². The summed E-state index contributed by atoms with van der Waals surface area (Å²) in [5, 5.41) is 2.12. The summed E-state index contributed by atoms with van der Waals surface area (Å²) in [5.74, 6) is 0.178. The number of carbonyl (C=O) groups is 1. The molecule has 0 fully saturated rings. The molecule has 3 rings (SSSR count). The zero-order valence-corrected chi connectivity index (χ0v) is 17.9. The van der Waals surface area contributed by atoms with Gasteiger partial charge in [0.15, 0.2) is 9.84 Å². The molecular weight excluding hydrogens is 424 g/mol. The standard InChI is InChI=1S/C22H21ClN2O4S/c1-2-29-19-8-10-20(11-9-19)30(27,28)21(17-6-4-12-24-14-17)15-25-22(26)16-5-3-7-18(23)13-16/h3-14,21H,2,15H2,1H3,(H,25,26). The highest BCUT2D eigenvalue weighted by Crippen LogP contribution is 2.29. The molecule has 3 aromatic rings. The van der Waals surface area contributed by atoms with E-state index >= 15 is 0 Å². The van der Waals surface area contributed by atoms with E-state index in [0.29, 0.717) is 28.5 Å². The van der Waals surface area contributed by atoms with Crippen LogP contribution in [0.15, 0.2) is 78.0 Å². The first-order chi connectivity index (χ1) is 14.4. The molecule has 0 saturated heterocycles. The van der Waals surface area contributed by atoms with Crippen molar-refractivity contribution in [1.82, 2.24) is 10.3 Å². The maximum absolute atomic E-state index is 13.4. The summed E-state index contributed by atoms with van der Waals surface area (Å²) in [7, 11) is -3.81. The molecule has 0 bridgehead atoms. The summed E-state index contributed by atoms with van der Waals surface area (Å²) >= 11 is 5.94. The Hall–Kier alpha value is -2.90. The number of nitrogens with zero attached hydrogens (tertiary/aromatic N) is 1. The van der Waals surface area contributed by atoms with Crippen molar-refractivity contribution in [3.8, 4) is 5.75 Å². The number of ether oxygens (including phenoxy) is 1. The van der Waals surface area contributed by atoms with E-state index in [-0.39, 0.29) is 11.4 Å². The van der Waals surface area contributed by atoms with Crippen molar-refractivity contribution in [2.24, 2.45) is 0 Å². The van der Waals surface area contributed by atoms with Gasteiger partial charge in [0.2, 0.25) is 0 Å². The van der Waals surface area contributed by atoms with Gasteiger partial charge in [0.25, 0.3) is 5.91 Å². The third kappa shape index (κ3) is 5.17. The van der Waals surface area contributed by atoms with Crippen molar-refractivity contribution >= 4 is 27.3 Å². The van der Waals surface area contributed by atoms with Crippen LogP contribution in [-0.2, 0) is 9.84 Å². The molecule has 0 aliphatic carbocycles. The Morgan fingerprint density at radius 3 is 2.53 bits per heavy atom. The fraction of sp³-hybridized carbons (Fsp3) is 0.182. The Balaban J connectivity index is 1.88. The molecule has 1 atom stereocenters. The topological polar surface area (TPSA) is 85.4 Å². The quantitative estimate of drug-likeness (QED) is 0.565. The summed E-state index contributed by atoms with van der Waals surface area (Å²) < 4.78 is 32.1. The highest BCUT2D eigenvalue weighted by Gasteiger charge is 2.30. The lowest BCUT2D eigenvalue weighted by atomic mass is 10.2. The molecule has 0 radical (unpaired) electrons. The molecule has 0 aliphatic heterocycles. The molecule has 156 valence electrons. The number of sulfone groups is 1. The van der Waals surface area contributed by atoms with Gasteiger partial charge in [0, 0.05) is 29.5 Å². The molecule has 1 heterocycles. The number of nitrogens with one attached hydrogen (secondary N) is 1. The minimum absolute atomic E-state index is 0.118. The summed E-state index contributed by atoms with van der Waals surface area (Å²) in [6, 6.07) is 16.0. The molecule has 2 aromatic carbocycles. The first-order valence-corrected chi connectivity index (χ1v) is 11.2. The Morgan fingerprint density at radius 2 is 1.90 bits per heavy atom. The SMILES string of the molecule is CCOc1ccc(S(=O)(=O)C(CNC(=O)c2cccc(Cl)c2)c2cccnc2)cc1. The highest BCUT2D eigenvalue weighted by molar-refractivity contribution is 7.91. The number of halogens is 1. The summed E-state index contributed by atoms with van der Waals surface area (Å²) in [6.07, 6.45) is 3.05. The fourth-order valence-corrected chi connectivity index (χ4v) is 4.78. The molecule has 30 heavy (non-hydrogen) atoms. The smallest absolute Gasteiger partial charge is 0.251 e. The molecule has 0 saturated carbocycles. The maximum atomic E-state index is 13.4. The normalized spacial score (nSPS) is 12.2. The molecule has 6 nitrogen and oxygen atoms in total. The lowest BCUT2D eigenvalue weighted by molar-refractivity contribution is 0.0953. The fourth-order valence-electron chi connectivity index (χ4n) is 2.95.